The van der Waals surface area contributed by atoms with Crippen molar-refractivity contribution >= 4 is 34.5 Å². The van der Waals surface area contributed by atoms with Crippen molar-refractivity contribution in [2.75, 3.05) is 6.61 Å². The largest absolute Gasteiger partial charge is 0.489 e. The van der Waals surface area contributed by atoms with Crippen molar-refractivity contribution in [1.82, 2.24) is 4.90 Å². The SMILES string of the molecule is CCOC(=O)C1=C(C)N=C2SC=CN2[C@H]1c1cccc(OCc2c(F)cccc2Cl)c1. The zero-order valence-corrected chi connectivity index (χ0v) is 18.5. The van der Waals surface area contributed by atoms with Crippen LogP contribution in [0.15, 0.2) is 70.3 Å². The van der Waals surface area contributed by atoms with Crippen LogP contribution in [-0.4, -0.2) is 22.6 Å². The van der Waals surface area contributed by atoms with Gasteiger partial charge in [-0.25, -0.2) is 14.2 Å². The van der Waals surface area contributed by atoms with Crippen LogP contribution in [0.4, 0.5) is 4.39 Å². The van der Waals surface area contributed by atoms with Gasteiger partial charge in [0.25, 0.3) is 0 Å². The molecule has 0 spiro atoms. The molecule has 0 unspecified atom stereocenters. The summed E-state index contributed by atoms with van der Waals surface area (Å²) in [5, 5.41) is 3.03. The van der Waals surface area contributed by atoms with Gasteiger partial charge in [0, 0.05) is 11.8 Å². The average Bonchev–Trinajstić information content (AvgIpc) is 3.20. The fourth-order valence-electron chi connectivity index (χ4n) is 3.50. The highest BCUT2D eigenvalue weighted by molar-refractivity contribution is 8.16. The fraction of sp³-hybridized carbons (Fsp3) is 0.217. The maximum atomic E-state index is 14.1. The summed E-state index contributed by atoms with van der Waals surface area (Å²) in [4.78, 5) is 19.3. The second-order valence-electron chi connectivity index (χ2n) is 6.89. The highest BCUT2D eigenvalue weighted by Crippen LogP contribution is 2.41. The fourth-order valence-corrected chi connectivity index (χ4v) is 4.51. The van der Waals surface area contributed by atoms with Crippen molar-refractivity contribution in [3.05, 3.63) is 87.3 Å². The second kappa shape index (κ2) is 9.16. The van der Waals surface area contributed by atoms with E-state index in [0.29, 0.717) is 27.6 Å². The zero-order valence-electron chi connectivity index (χ0n) is 17.0. The average molecular weight is 459 g/mol. The van der Waals surface area contributed by atoms with E-state index in [1.165, 1.54) is 17.8 Å². The molecule has 0 aromatic heterocycles. The molecule has 0 aliphatic carbocycles. The summed E-state index contributed by atoms with van der Waals surface area (Å²) in [6.07, 6.45) is 1.90. The predicted octanol–water partition coefficient (Wildman–Crippen LogP) is 5.83. The summed E-state index contributed by atoms with van der Waals surface area (Å²) < 4.78 is 25.2. The molecule has 0 radical (unpaired) electrons. The van der Waals surface area contributed by atoms with Gasteiger partial charge in [-0.1, -0.05) is 41.6 Å². The number of amidine groups is 1. The lowest BCUT2D eigenvalue weighted by molar-refractivity contribution is -0.139. The zero-order chi connectivity index (χ0) is 22.0. The molecule has 2 aromatic carbocycles. The Morgan fingerprint density at radius 1 is 1.29 bits per heavy atom. The molecule has 160 valence electrons. The van der Waals surface area contributed by atoms with Crippen LogP contribution in [0.2, 0.25) is 5.02 Å². The number of hydrogen-bond donors (Lipinski definition) is 0. The molecule has 0 bridgehead atoms. The smallest absolute Gasteiger partial charge is 0.338 e. The van der Waals surface area contributed by atoms with E-state index in [0.717, 1.165) is 10.7 Å². The lowest BCUT2D eigenvalue weighted by atomic mass is 9.94. The van der Waals surface area contributed by atoms with Crippen molar-refractivity contribution < 1.29 is 18.7 Å². The number of thioether (sulfide) groups is 1. The molecule has 0 fully saturated rings. The Labute approximate surface area is 189 Å². The number of esters is 1. The monoisotopic (exact) mass is 458 g/mol. The van der Waals surface area contributed by atoms with Crippen LogP contribution >= 0.6 is 23.4 Å². The Balaban J connectivity index is 1.65. The molecule has 2 aliphatic rings. The van der Waals surface area contributed by atoms with Gasteiger partial charge in [-0.15, -0.1) is 0 Å². The number of fused-ring (bicyclic) bond motifs is 1. The van der Waals surface area contributed by atoms with Gasteiger partial charge in [0.15, 0.2) is 5.17 Å². The number of allylic oxidation sites excluding steroid dienone is 1. The molecular weight excluding hydrogens is 439 g/mol. The van der Waals surface area contributed by atoms with Gasteiger partial charge < -0.3 is 14.4 Å². The summed E-state index contributed by atoms with van der Waals surface area (Å²) in [6.45, 7) is 3.85. The molecule has 0 amide bonds. The first kappa shape index (κ1) is 21.5. The quantitative estimate of drug-likeness (QED) is 0.510. The third-order valence-corrected chi connectivity index (χ3v) is 6.06. The minimum atomic E-state index is -0.417. The standard InChI is InChI=1S/C23H20ClFN2O3S/c1-3-29-22(28)20-14(2)26-23-27(10-11-31-23)21(20)15-6-4-7-16(12-15)30-13-17-18(24)8-5-9-19(17)25/h4-12,21H,3,13H2,1-2H3/t21-/m0/s1. The molecule has 5 nitrogen and oxygen atoms in total. The van der Waals surface area contributed by atoms with Crippen LogP contribution in [-0.2, 0) is 16.1 Å². The molecule has 0 N–H and O–H groups in total. The van der Waals surface area contributed by atoms with Crippen LogP contribution < -0.4 is 4.74 Å². The predicted molar refractivity (Wildman–Crippen MR) is 120 cm³/mol. The Hall–Kier alpha value is -2.77. The van der Waals surface area contributed by atoms with Crippen molar-refractivity contribution in [2.45, 2.75) is 26.5 Å². The van der Waals surface area contributed by atoms with Crippen molar-refractivity contribution in [1.29, 1.82) is 0 Å². The van der Waals surface area contributed by atoms with Crippen LogP contribution in [0.5, 0.6) is 5.75 Å². The Kier molecular flexibility index (Phi) is 6.34. The van der Waals surface area contributed by atoms with Crippen molar-refractivity contribution in [2.24, 2.45) is 4.99 Å². The van der Waals surface area contributed by atoms with E-state index in [-0.39, 0.29) is 13.2 Å². The second-order valence-corrected chi connectivity index (χ2v) is 8.17. The number of hydrogen-bond acceptors (Lipinski definition) is 6. The Morgan fingerprint density at radius 3 is 2.87 bits per heavy atom. The maximum Gasteiger partial charge on any atom is 0.338 e. The first-order valence-corrected chi connectivity index (χ1v) is 11.0. The third kappa shape index (κ3) is 4.34. The lowest BCUT2D eigenvalue weighted by Crippen LogP contribution is -2.34. The van der Waals surface area contributed by atoms with Gasteiger partial charge in [-0.05, 0) is 49.1 Å². The number of carbonyl (C=O) groups excluding carboxylic acids is 1. The van der Waals surface area contributed by atoms with E-state index in [1.807, 2.05) is 41.6 Å². The molecule has 31 heavy (non-hydrogen) atoms. The summed E-state index contributed by atoms with van der Waals surface area (Å²) in [5.74, 6) is -0.278. The highest BCUT2D eigenvalue weighted by Gasteiger charge is 2.37. The summed E-state index contributed by atoms with van der Waals surface area (Å²) in [5.41, 5.74) is 2.23. The molecule has 1 atom stereocenters. The molecule has 8 heteroatoms. The van der Waals surface area contributed by atoms with E-state index in [9.17, 15) is 9.18 Å². The van der Waals surface area contributed by atoms with Gasteiger partial charge >= 0.3 is 5.97 Å². The molecule has 2 heterocycles. The Bertz CT molecular complexity index is 1100. The third-order valence-electron chi connectivity index (χ3n) is 4.93. The first-order valence-electron chi connectivity index (χ1n) is 9.73. The number of ether oxygens (including phenoxy) is 2. The van der Waals surface area contributed by atoms with Crippen molar-refractivity contribution in [3.8, 4) is 5.75 Å². The van der Waals surface area contributed by atoms with Gasteiger partial charge in [0.2, 0.25) is 0 Å². The molecule has 4 rings (SSSR count). The summed E-state index contributed by atoms with van der Waals surface area (Å²) in [7, 11) is 0. The minimum absolute atomic E-state index is 0.00853. The highest BCUT2D eigenvalue weighted by atomic mass is 35.5. The van der Waals surface area contributed by atoms with E-state index in [4.69, 9.17) is 21.1 Å². The van der Waals surface area contributed by atoms with E-state index >= 15 is 0 Å². The van der Waals surface area contributed by atoms with Gasteiger partial charge in [-0.2, -0.15) is 0 Å². The van der Waals surface area contributed by atoms with Crippen molar-refractivity contribution in [3.63, 3.8) is 0 Å². The van der Waals surface area contributed by atoms with Crippen LogP contribution in [0, 0.1) is 5.82 Å². The number of carbonyl (C=O) groups is 1. The van der Waals surface area contributed by atoms with E-state index in [2.05, 4.69) is 4.99 Å². The summed E-state index contributed by atoms with van der Waals surface area (Å²) >= 11 is 7.59. The van der Waals surface area contributed by atoms with E-state index in [1.54, 1.807) is 25.1 Å². The topological polar surface area (TPSA) is 51.1 Å². The van der Waals surface area contributed by atoms with Crippen LogP contribution in [0.1, 0.15) is 31.0 Å². The van der Waals surface area contributed by atoms with Crippen LogP contribution in [0.25, 0.3) is 0 Å². The number of benzene rings is 2. The lowest BCUT2D eigenvalue weighted by Gasteiger charge is -2.33. The number of aliphatic imine (C=N–C) groups is 1. The molecular formula is C23H20ClFN2O3S. The minimum Gasteiger partial charge on any atom is -0.489 e. The molecule has 0 saturated heterocycles. The van der Waals surface area contributed by atoms with Gasteiger partial charge in [0.1, 0.15) is 18.2 Å². The molecule has 2 aliphatic heterocycles. The normalized spacial score (nSPS) is 17.5. The van der Waals surface area contributed by atoms with E-state index < -0.39 is 17.8 Å². The summed E-state index contributed by atoms with van der Waals surface area (Å²) in [6, 6.07) is 11.5. The maximum absolute atomic E-state index is 14.1. The first-order chi connectivity index (χ1) is 15.0. The van der Waals surface area contributed by atoms with Crippen LogP contribution in [0.3, 0.4) is 0 Å². The van der Waals surface area contributed by atoms with Gasteiger partial charge in [0.05, 0.1) is 28.9 Å². The number of nitrogens with zero attached hydrogens (tertiary/aromatic N) is 2. The molecule has 2 aromatic rings. The number of rotatable bonds is 6. The number of halogens is 2. The molecule has 0 saturated carbocycles. The Morgan fingerprint density at radius 2 is 2.10 bits per heavy atom. The van der Waals surface area contributed by atoms with Gasteiger partial charge in [-0.3, -0.25) is 0 Å².